The Morgan fingerprint density at radius 3 is 2.65 bits per heavy atom. The van der Waals surface area contributed by atoms with Crippen LogP contribution in [-0.4, -0.2) is 17.4 Å². The van der Waals surface area contributed by atoms with Gasteiger partial charge in [-0.25, -0.2) is 4.98 Å². The van der Waals surface area contributed by atoms with Crippen molar-refractivity contribution in [1.82, 2.24) is 4.98 Å². The van der Waals surface area contributed by atoms with E-state index in [9.17, 15) is 4.79 Å². The number of hydrogen-bond acceptors (Lipinski definition) is 4. The number of hydrogen-bond donors (Lipinski definition) is 0. The molecule has 0 bridgehead atoms. The maximum absolute atomic E-state index is 11.2. The smallest absolute Gasteiger partial charge is 0.132 e. The highest BCUT2D eigenvalue weighted by molar-refractivity contribution is 7.13. The minimum atomic E-state index is 0.295. The first kappa shape index (κ1) is 14.7. The number of ketones is 1. The van der Waals surface area contributed by atoms with Gasteiger partial charge in [-0.1, -0.05) is 6.92 Å². The van der Waals surface area contributed by atoms with Crippen LogP contribution in [0.3, 0.4) is 0 Å². The number of Topliss-reactive ketones (excluding diaryl/α,β-unsaturated/α-hetero) is 1. The largest absolute Gasteiger partial charge is 0.494 e. The van der Waals surface area contributed by atoms with Gasteiger partial charge in [0.05, 0.1) is 6.61 Å². The minimum absolute atomic E-state index is 0.295. The van der Waals surface area contributed by atoms with Gasteiger partial charge in [0.25, 0.3) is 0 Å². The van der Waals surface area contributed by atoms with Crippen LogP contribution in [0, 0.1) is 6.92 Å². The average molecular weight is 289 g/mol. The predicted molar refractivity (Wildman–Crippen MR) is 82.3 cm³/mol. The number of ether oxygens (including phenoxy) is 1. The highest BCUT2D eigenvalue weighted by atomic mass is 32.1. The molecule has 2 aromatic rings. The third kappa shape index (κ3) is 4.17. The van der Waals surface area contributed by atoms with Crippen LogP contribution in [0.2, 0.25) is 0 Å². The molecule has 2 rings (SSSR count). The Kier molecular flexibility index (Phi) is 5.30. The van der Waals surface area contributed by atoms with E-state index in [1.165, 1.54) is 0 Å². The number of rotatable bonds is 7. The lowest BCUT2D eigenvalue weighted by Crippen LogP contribution is -2.02. The van der Waals surface area contributed by atoms with E-state index in [0.29, 0.717) is 25.2 Å². The standard InChI is InChI=1S/C16H19NO2S/c1-3-14(18)5-4-10-19-15-8-6-13(7-9-15)16-17-12(2)11-20-16/h6-9,11H,3-5,10H2,1-2H3. The number of thiazole rings is 1. The molecule has 4 heteroatoms. The summed E-state index contributed by atoms with van der Waals surface area (Å²) in [5, 5.41) is 3.08. The lowest BCUT2D eigenvalue weighted by atomic mass is 10.2. The molecule has 0 atom stereocenters. The maximum Gasteiger partial charge on any atom is 0.132 e. The van der Waals surface area contributed by atoms with Crippen molar-refractivity contribution in [1.29, 1.82) is 0 Å². The second-order valence-corrected chi connectivity index (χ2v) is 5.52. The summed E-state index contributed by atoms with van der Waals surface area (Å²) in [5.74, 6) is 1.13. The summed E-state index contributed by atoms with van der Waals surface area (Å²) >= 11 is 1.65. The lowest BCUT2D eigenvalue weighted by molar-refractivity contribution is -0.118. The molecular formula is C16H19NO2S. The van der Waals surface area contributed by atoms with Gasteiger partial charge in [-0.3, -0.25) is 4.79 Å². The second kappa shape index (κ2) is 7.20. The Balaban J connectivity index is 1.84. The van der Waals surface area contributed by atoms with E-state index >= 15 is 0 Å². The number of nitrogens with zero attached hydrogens (tertiary/aromatic N) is 1. The Hall–Kier alpha value is -1.68. The fourth-order valence-electron chi connectivity index (χ4n) is 1.82. The van der Waals surface area contributed by atoms with Crippen molar-refractivity contribution in [2.45, 2.75) is 33.1 Å². The van der Waals surface area contributed by atoms with E-state index in [2.05, 4.69) is 4.98 Å². The quantitative estimate of drug-likeness (QED) is 0.715. The van der Waals surface area contributed by atoms with Gasteiger partial charge >= 0.3 is 0 Å². The number of aromatic nitrogens is 1. The molecule has 0 radical (unpaired) electrons. The van der Waals surface area contributed by atoms with E-state index in [1.807, 2.05) is 43.5 Å². The van der Waals surface area contributed by atoms with Gasteiger partial charge in [-0.2, -0.15) is 0 Å². The number of aryl methyl sites for hydroxylation is 1. The van der Waals surface area contributed by atoms with Crippen LogP contribution in [0.25, 0.3) is 10.6 Å². The summed E-state index contributed by atoms with van der Waals surface area (Å²) in [6.45, 7) is 4.47. The summed E-state index contributed by atoms with van der Waals surface area (Å²) in [4.78, 5) is 15.6. The van der Waals surface area contributed by atoms with Crippen molar-refractivity contribution in [3.8, 4) is 16.3 Å². The first-order valence-corrected chi connectivity index (χ1v) is 7.74. The first-order chi connectivity index (χ1) is 9.69. The first-order valence-electron chi connectivity index (χ1n) is 6.86. The van der Waals surface area contributed by atoms with Gasteiger partial charge in [0.1, 0.15) is 16.5 Å². The molecule has 0 amide bonds. The molecule has 3 nitrogen and oxygen atoms in total. The van der Waals surface area contributed by atoms with Crippen LogP contribution in [0.4, 0.5) is 0 Å². The van der Waals surface area contributed by atoms with Crippen LogP contribution in [0.5, 0.6) is 5.75 Å². The van der Waals surface area contributed by atoms with E-state index in [-0.39, 0.29) is 0 Å². The molecule has 1 aromatic heterocycles. The monoisotopic (exact) mass is 289 g/mol. The van der Waals surface area contributed by atoms with Gasteiger partial charge in [-0.05, 0) is 37.6 Å². The van der Waals surface area contributed by atoms with Crippen LogP contribution < -0.4 is 4.74 Å². The third-order valence-electron chi connectivity index (χ3n) is 2.98. The summed E-state index contributed by atoms with van der Waals surface area (Å²) in [6.07, 6.45) is 2.00. The molecule has 0 saturated carbocycles. The Morgan fingerprint density at radius 1 is 1.30 bits per heavy atom. The highest BCUT2D eigenvalue weighted by Gasteiger charge is 2.03. The van der Waals surface area contributed by atoms with Gasteiger partial charge in [0, 0.05) is 29.5 Å². The topological polar surface area (TPSA) is 39.2 Å². The lowest BCUT2D eigenvalue weighted by Gasteiger charge is -2.06. The molecule has 20 heavy (non-hydrogen) atoms. The molecule has 106 valence electrons. The fourth-order valence-corrected chi connectivity index (χ4v) is 2.62. The van der Waals surface area contributed by atoms with E-state index in [0.717, 1.165) is 28.4 Å². The van der Waals surface area contributed by atoms with E-state index in [4.69, 9.17) is 4.74 Å². The summed E-state index contributed by atoms with van der Waals surface area (Å²) in [7, 11) is 0. The molecule has 0 aliphatic heterocycles. The zero-order chi connectivity index (χ0) is 14.4. The summed E-state index contributed by atoms with van der Waals surface area (Å²) in [6, 6.07) is 7.94. The summed E-state index contributed by atoms with van der Waals surface area (Å²) < 4.78 is 5.63. The molecule has 0 N–H and O–H groups in total. The highest BCUT2D eigenvalue weighted by Crippen LogP contribution is 2.25. The Labute approximate surface area is 123 Å². The molecule has 0 fully saturated rings. The van der Waals surface area contributed by atoms with Crippen molar-refractivity contribution in [3.05, 3.63) is 35.3 Å². The van der Waals surface area contributed by atoms with Gasteiger partial charge in [-0.15, -0.1) is 11.3 Å². The van der Waals surface area contributed by atoms with Crippen molar-refractivity contribution < 1.29 is 9.53 Å². The second-order valence-electron chi connectivity index (χ2n) is 4.66. The molecule has 1 aromatic carbocycles. The molecule has 1 heterocycles. The average Bonchev–Trinajstić information content (AvgIpc) is 2.90. The van der Waals surface area contributed by atoms with Crippen molar-refractivity contribution >= 4 is 17.1 Å². The molecular weight excluding hydrogens is 270 g/mol. The zero-order valence-corrected chi connectivity index (χ0v) is 12.7. The minimum Gasteiger partial charge on any atom is -0.494 e. The Morgan fingerprint density at radius 2 is 2.05 bits per heavy atom. The summed E-state index contributed by atoms with van der Waals surface area (Å²) in [5.41, 5.74) is 2.16. The van der Waals surface area contributed by atoms with Crippen LogP contribution in [0.1, 0.15) is 31.9 Å². The molecule has 0 unspecified atom stereocenters. The SMILES string of the molecule is CCC(=O)CCCOc1ccc(-c2nc(C)cs2)cc1. The number of benzene rings is 1. The molecule has 0 saturated heterocycles. The number of carbonyl (C=O) groups is 1. The van der Waals surface area contributed by atoms with Crippen molar-refractivity contribution in [3.63, 3.8) is 0 Å². The predicted octanol–water partition coefficient (Wildman–Crippen LogP) is 4.26. The zero-order valence-electron chi connectivity index (χ0n) is 11.9. The van der Waals surface area contributed by atoms with Crippen LogP contribution in [-0.2, 0) is 4.79 Å². The van der Waals surface area contributed by atoms with Crippen LogP contribution in [0.15, 0.2) is 29.6 Å². The van der Waals surface area contributed by atoms with Crippen molar-refractivity contribution in [2.75, 3.05) is 6.61 Å². The van der Waals surface area contributed by atoms with Gasteiger partial charge < -0.3 is 4.74 Å². The van der Waals surface area contributed by atoms with Gasteiger partial charge in [0.15, 0.2) is 0 Å². The number of carbonyl (C=O) groups excluding carboxylic acids is 1. The fraction of sp³-hybridized carbons (Fsp3) is 0.375. The van der Waals surface area contributed by atoms with Crippen molar-refractivity contribution in [2.24, 2.45) is 0 Å². The van der Waals surface area contributed by atoms with E-state index < -0.39 is 0 Å². The van der Waals surface area contributed by atoms with Gasteiger partial charge in [0.2, 0.25) is 0 Å². The molecule has 0 aliphatic carbocycles. The third-order valence-corrected chi connectivity index (χ3v) is 3.99. The molecule has 0 spiro atoms. The van der Waals surface area contributed by atoms with Crippen LogP contribution >= 0.6 is 11.3 Å². The normalized spacial score (nSPS) is 10.5. The van der Waals surface area contributed by atoms with E-state index in [1.54, 1.807) is 11.3 Å². The maximum atomic E-state index is 11.2. The Bertz CT molecular complexity index is 560. The molecule has 0 aliphatic rings.